The normalized spacial score (nSPS) is 19.0. The van der Waals surface area contributed by atoms with Crippen LogP contribution >= 0.6 is 11.6 Å². The van der Waals surface area contributed by atoms with Crippen molar-refractivity contribution in [3.63, 3.8) is 0 Å². The average Bonchev–Trinajstić information content (AvgIpc) is 2.81. The molecule has 0 radical (unpaired) electrons. The smallest absolute Gasteiger partial charge is 0.243 e. The van der Waals surface area contributed by atoms with Gasteiger partial charge in [0.2, 0.25) is 10.0 Å². The highest BCUT2D eigenvalue weighted by molar-refractivity contribution is 7.89. The molecule has 0 unspecified atom stereocenters. The summed E-state index contributed by atoms with van der Waals surface area (Å²) in [6.07, 6.45) is 2.11. The van der Waals surface area contributed by atoms with Crippen LogP contribution in [-0.2, 0) is 23.0 Å². The Labute approximate surface area is 193 Å². The molecule has 0 saturated carbocycles. The van der Waals surface area contributed by atoms with Crippen LogP contribution in [-0.4, -0.2) is 50.3 Å². The third-order valence-corrected chi connectivity index (χ3v) is 8.49. The number of rotatable bonds is 5. The lowest BCUT2D eigenvalue weighted by molar-refractivity contribution is 0.241. The van der Waals surface area contributed by atoms with Crippen LogP contribution in [0.25, 0.3) is 0 Å². The summed E-state index contributed by atoms with van der Waals surface area (Å²) in [6, 6.07) is 11.8. The highest BCUT2D eigenvalue weighted by atomic mass is 35.5. The fourth-order valence-electron chi connectivity index (χ4n) is 4.33. The Morgan fingerprint density at radius 2 is 1.84 bits per heavy atom. The molecule has 2 N–H and O–H groups in total. The molecule has 0 atom stereocenters. The van der Waals surface area contributed by atoms with E-state index >= 15 is 0 Å². The Bertz CT molecular complexity index is 1100. The second-order valence-electron chi connectivity index (χ2n) is 8.24. The van der Waals surface area contributed by atoms with Crippen molar-refractivity contribution < 1.29 is 12.8 Å². The van der Waals surface area contributed by atoms with E-state index in [9.17, 15) is 12.8 Å². The predicted octanol–water partition coefficient (Wildman–Crippen LogP) is 3.36. The third-order valence-electron chi connectivity index (χ3n) is 6.29. The van der Waals surface area contributed by atoms with Gasteiger partial charge < -0.3 is 10.6 Å². The van der Waals surface area contributed by atoms with Crippen LogP contribution in [0.5, 0.6) is 0 Å². The molecule has 6 nitrogen and oxygen atoms in total. The number of aliphatic imine (C=N–C) groups is 1. The lowest BCUT2D eigenvalue weighted by Crippen LogP contribution is -2.64. The van der Waals surface area contributed by atoms with Crippen LogP contribution in [0.2, 0.25) is 5.02 Å². The van der Waals surface area contributed by atoms with Gasteiger partial charge in [0.1, 0.15) is 11.7 Å². The minimum absolute atomic E-state index is 0.0909. The molecule has 4 rings (SSSR count). The first kappa shape index (κ1) is 23.2. The number of hydrogen-bond acceptors (Lipinski definition) is 5. The van der Waals surface area contributed by atoms with Gasteiger partial charge in [0, 0.05) is 26.2 Å². The van der Waals surface area contributed by atoms with Gasteiger partial charge in [-0.3, -0.25) is 4.99 Å². The van der Waals surface area contributed by atoms with Crippen molar-refractivity contribution in [2.45, 2.75) is 43.2 Å². The van der Waals surface area contributed by atoms with Crippen molar-refractivity contribution in [1.82, 2.24) is 14.9 Å². The minimum Gasteiger partial charge on any atom is -0.368 e. The number of piperidine rings is 1. The molecular formula is C23H28ClFN4O2S. The summed E-state index contributed by atoms with van der Waals surface area (Å²) in [6.45, 7) is 4.73. The summed E-state index contributed by atoms with van der Waals surface area (Å²) in [7, 11) is -3.53. The molecule has 2 aliphatic heterocycles. The molecule has 2 aliphatic rings. The summed E-state index contributed by atoms with van der Waals surface area (Å²) in [4.78, 5) is 5.03. The van der Waals surface area contributed by atoms with E-state index in [-0.39, 0.29) is 10.6 Å². The van der Waals surface area contributed by atoms with E-state index in [1.165, 1.54) is 6.07 Å². The van der Waals surface area contributed by atoms with Gasteiger partial charge >= 0.3 is 0 Å². The van der Waals surface area contributed by atoms with Crippen LogP contribution in [0.4, 0.5) is 4.39 Å². The maximum atomic E-state index is 13.4. The first-order valence-electron chi connectivity index (χ1n) is 10.9. The molecule has 2 aromatic carbocycles. The molecule has 0 aromatic heterocycles. The maximum Gasteiger partial charge on any atom is 0.243 e. The molecule has 32 heavy (non-hydrogen) atoms. The Kier molecular flexibility index (Phi) is 6.86. The summed E-state index contributed by atoms with van der Waals surface area (Å²) in [5.74, 6) is 0.384. The molecule has 0 amide bonds. The van der Waals surface area contributed by atoms with Gasteiger partial charge in [-0.2, -0.15) is 4.31 Å². The molecule has 1 spiro atoms. The first-order chi connectivity index (χ1) is 15.3. The Morgan fingerprint density at radius 1 is 1.16 bits per heavy atom. The van der Waals surface area contributed by atoms with Crippen molar-refractivity contribution in [2.24, 2.45) is 4.99 Å². The Hall–Kier alpha value is -2.00. The predicted molar refractivity (Wildman–Crippen MR) is 125 cm³/mol. The number of aryl methyl sites for hydroxylation is 1. The zero-order valence-corrected chi connectivity index (χ0v) is 19.6. The number of halogens is 2. The number of nitrogens with zero attached hydrogens (tertiary/aromatic N) is 2. The van der Waals surface area contributed by atoms with Gasteiger partial charge in [0.25, 0.3) is 0 Å². The number of hydrogen-bond donors (Lipinski definition) is 2. The van der Waals surface area contributed by atoms with Crippen LogP contribution in [0.3, 0.4) is 0 Å². The van der Waals surface area contributed by atoms with E-state index in [0.29, 0.717) is 43.9 Å². The second-order valence-corrected chi connectivity index (χ2v) is 10.6. The number of sulfonamides is 1. The monoisotopic (exact) mass is 478 g/mol. The first-order valence-corrected chi connectivity index (χ1v) is 12.7. The van der Waals surface area contributed by atoms with Crippen LogP contribution in [0.1, 0.15) is 30.9 Å². The van der Waals surface area contributed by atoms with Gasteiger partial charge in [0.05, 0.1) is 22.0 Å². The molecule has 1 fully saturated rings. The summed E-state index contributed by atoms with van der Waals surface area (Å²) in [5.41, 5.74) is 1.58. The topological polar surface area (TPSA) is 73.8 Å². The van der Waals surface area contributed by atoms with Gasteiger partial charge in [-0.25, -0.2) is 12.8 Å². The molecule has 2 aromatic rings. The second kappa shape index (κ2) is 9.47. The highest BCUT2D eigenvalue weighted by Gasteiger charge is 2.43. The molecular weight excluding hydrogens is 451 g/mol. The molecule has 9 heteroatoms. The summed E-state index contributed by atoms with van der Waals surface area (Å²) >= 11 is 5.90. The van der Waals surface area contributed by atoms with Crippen LogP contribution in [0.15, 0.2) is 52.4 Å². The summed E-state index contributed by atoms with van der Waals surface area (Å²) < 4.78 is 41.2. The molecule has 172 valence electrons. The Morgan fingerprint density at radius 3 is 2.50 bits per heavy atom. The van der Waals surface area contributed by atoms with E-state index in [0.717, 1.165) is 29.9 Å². The average molecular weight is 479 g/mol. The van der Waals surface area contributed by atoms with E-state index in [2.05, 4.69) is 10.6 Å². The van der Waals surface area contributed by atoms with E-state index in [4.69, 9.17) is 16.6 Å². The Balaban J connectivity index is 1.44. The van der Waals surface area contributed by atoms with Crippen molar-refractivity contribution in [3.05, 3.63) is 64.4 Å². The number of amidine groups is 1. The van der Waals surface area contributed by atoms with Gasteiger partial charge in [-0.1, -0.05) is 36.7 Å². The standard InChI is InChI=1S/C23H28ClFN4O2S/c1-2-17-3-6-19(7-4-17)32(30,31)29-13-9-23(10-14-29)22(26-11-12-28-23)27-16-18-5-8-21(25)20(24)15-18/h3-8,15,28H,2,9-14,16H2,1H3,(H,26,27). The van der Waals surface area contributed by atoms with Gasteiger partial charge in [-0.15, -0.1) is 0 Å². The zero-order chi connectivity index (χ0) is 22.8. The minimum atomic E-state index is -3.53. The molecule has 0 aliphatic carbocycles. The van der Waals surface area contributed by atoms with Crippen molar-refractivity contribution >= 4 is 27.5 Å². The molecule has 2 heterocycles. The highest BCUT2D eigenvalue weighted by Crippen LogP contribution is 2.29. The maximum absolute atomic E-state index is 13.4. The largest absolute Gasteiger partial charge is 0.368 e. The lowest BCUT2D eigenvalue weighted by Gasteiger charge is -2.44. The van der Waals surface area contributed by atoms with Crippen LogP contribution < -0.4 is 10.6 Å². The molecule has 0 bridgehead atoms. The van der Waals surface area contributed by atoms with Gasteiger partial charge in [-0.05, 0) is 54.7 Å². The number of nitrogens with one attached hydrogen (secondary N) is 2. The van der Waals surface area contributed by atoms with Crippen molar-refractivity contribution in [3.8, 4) is 0 Å². The van der Waals surface area contributed by atoms with Gasteiger partial charge in [0.15, 0.2) is 0 Å². The van der Waals surface area contributed by atoms with E-state index < -0.39 is 15.8 Å². The fourth-order valence-corrected chi connectivity index (χ4v) is 5.97. The number of benzene rings is 2. The zero-order valence-electron chi connectivity index (χ0n) is 18.1. The molecule has 1 saturated heterocycles. The third kappa shape index (κ3) is 4.69. The van der Waals surface area contributed by atoms with E-state index in [1.807, 2.05) is 19.1 Å². The SMILES string of the molecule is CCc1ccc(S(=O)(=O)N2CCC3(CC2)NCCN=C3NCc2ccc(F)c(Cl)c2)cc1. The van der Waals surface area contributed by atoms with Crippen LogP contribution in [0, 0.1) is 5.82 Å². The lowest BCUT2D eigenvalue weighted by atomic mass is 9.85. The summed E-state index contributed by atoms with van der Waals surface area (Å²) in [5, 5.41) is 7.04. The van der Waals surface area contributed by atoms with E-state index in [1.54, 1.807) is 28.6 Å². The van der Waals surface area contributed by atoms with Crippen molar-refractivity contribution in [2.75, 3.05) is 26.2 Å². The van der Waals surface area contributed by atoms with Crippen molar-refractivity contribution in [1.29, 1.82) is 0 Å². The fraction of sp³-hybridized carbons (Fsp3) is 0.435. The quantitative estimate of drug-likeness (QED) is 0.691.